The summed E-state index contributed by atoms with van der Waals surface area (Å²) in [7, 11) is 0. The molecule has 0 radical (unpaired) electrons. The Labute approximate surface area is 121 Å². The SMILES string of the molecule is Fc1cc2c(cc1Cl)nc(CCl)n2C1(C(F)(F)F)CC1. The fraction of sp³-hybridized carbons (Fsp3) is 0.417. The maximum Gasteiger partial charge on any atom is 0.412 e. The van der Waals surface area contributed by atoms with E-state index in [2.05, 4.69) is 4.98 Å². The lowest BCUT2D eigenvalue weighted by molar-refractivity contribution is -0.179. The van der Waals surface area contributed by atoms with Crippen LogP contribution in [0.25, 0.3) is 11.0 Å². The minimum absolute atomic E-state index is 0.0594. The van der Waals surface area contributed by atoms with Gasteiger partial charge in [0.05, 0.1) is 21.9 Å². The fourth-order valence-corrected chi connectivity index (χ4v) is 2.78. The van der Waals surface area contributed by atoms with E-state index in [4.69, 9.17) is 23.2 Å². The van der Waals surface area contributed by atoms with Crippen LogP contribution in [-0.2, 0) is 11.4 Å². The summed E-state index contributed by atoms with van der Waals surface area (Å²) < 4.78 is 54.4. The molecule has 0 saturated heterocycles. The number of halogens is 6. The quantitative estimate of drug-likeness (QED) is 0.581. The van der Waals surface area contributed by atoms with Gasteiger partial charge in [-0.25, -0.2) is 9.37 Å². The summed E-state index contributed by atoms with van der Waals surface area (Å²) in [6, 6.07) is 2.19. The molecule has 8 heteroatoms. The van der Waals surface area contributed by atoms with Crippen molar-refractivity contribution in [2.45, 2.75) is 30.4 Å². The first kappa shape index (κ1) is 13.9. The predicted octanol–water partition coefficient (Wildman–Crippen LogP) is 4.62. The molecule has 0 aliphatic heterocycles. The van der Waals surface area contributed by atoms with Gasteiger partial charge in [-0.05, 0) is 18.9 Å². The molecule has 2 aromatic rings. The van der Waals surface area contributed by atoms with Crippen LogP contribution in [0.2, 0.25) is 5.02 Å². The molecule has 1 aliphatic carbocycles. The molecular formula is C12H8Cl2F4N2. The zero-order valence-electron chi connectivity index (χ0n) is 9.94. The van der Waals surface area contributed by atoms with Crippen LogP contribution in [0.15, 0.2) is 12.1 Å². The lowest BCUT2D eigenvalue weighted by Gasteiger charge is -2.23. The maximum atomic E-state index is 13.6. The van der Waals surface area contributed by atoms with Crippen molar-refractivity contribution in [2.24, 2.45) is 0 Å². The third-order valence-electron chi connectivity index (χ3n) is 3.56. The van der Waals surface area contributed by atoms with E-state index < -0.39 is 17.5 Å². The van der Waals surface area contributed by atoms with E-state index >= 15 is 0 Å². The first-order chi connectivity index (χ1) is 9.30. The van der Waals surface area contributed by atoms with Crippen molar-refractivity contribution in [3.63, 3.8) is 0 Å². The Hall–Kier alpha value is -1.01. The molecule has 0 bridgehead atoms. The van der Waals surface area contributed by atoms with E-state index in [9.17, 15) is 17.6 Å². The summed E-state index contributed by atoms with van der Waals surface area (Å²) in [5.41, 5.74) is -1.74. The molecular weight excluding hydrogens is 319 g/mol. The van der Waals surface area contributed by atoms with E-state index in [0.29, 0.717) is 0 Å². The molecule has 0 atom stereocenters. The zero-order valence-corrected chi connectivity index (χ0v) is 11.5. The number of hydrogen-bond acceptors (Lipinski definition) is 1. The average Bonchev–Trinajstić information content (AvgIpc) is 3.09. The van der Waals surface area contributed by atoms with Gasteiger partial charge in [0.1, 0.15) is 17.2 Å². The van der Waals surface area contributed by atoms with Gasteiger partial charge in [-0.1, -0.05) is 11.6 Å². The van der Waals surface area contributed by atoms with E-state index in [1.165, 1.54) is 6.07 Å². The van der Waals surface area contributed by atoms with Gasteiger partial charge in [0.25, 0.3) is 0 Å². The van der Waals surface area contributed by atoms with Crippen molar-refractivity contribution in [1.29, 1.82) is 0 Å². The predicted molar refractivity (Wildman–Crippen MR) is 67.5 cm³/mol. The van der Waals surface area contributed by atoms with E-state index in [1.807, 2.05) is 0 Å². The van der Waals surface area contributed by atoms with Crippen LogP contribution in [0.4, 0.5) is 17.6 Å². The summed E-state index contributed by atoms with van der Waals surface area (Å²) in [5.74, 6) is -0.899. The highest BCUT2D eigenvalue weighted by molar-refractivity contribution is 6.31. The molecule has 1 aliphatic rings. The van der Waals surface area contributed by atoms with Crippen LogP contribution in [0.1, 0.15) is 18.7 Å². The summed E-state index contributed by atoms with van der Waals surface area (Å²) in [6.07, 6.45) is -4.55. The van der Waals surface area contributed by atoms with Gasteiger partial charge in [0, 0.05) is 6.07 Å². The third-order valence-corrected chi connectivity index (χ3v) is 4.09. The number of rotatable bonds is 2. The molecule has 1 aromatic heterocycles. The molecule has 20 heavy (non-hydrogen) atoms. The number of nitrogens with zero attached hydrogens (tertiary/aromatic N) is 2. The average molecular weight is 327 g/mol. The minimum atomic E-state index is -4.43. The first-order valence-corrected chi connectivity index (χ1v) is 6.71. The molecule has 2 nitrogen and oxygen atoms in total. The van der Waals surface area contributed by atoms with Gasteiger partial charge in [-0.15, -0.1) is 11.6 Å². The second-order valence-electron chi connectivity index (χ2n) is 4.78. The maximum absolute atomic E-state index is 13.6. The Morgan fingerprint density at radius 3 is 2.45 bits per heavy atom. The van der Waals surface area contributed by atoms with Crippen molar-refractivity contribution in [3.05, 3.63) is 28.8 Å². The number of imidazole rings is 1. The lowest BCUT2D eigenvalue weighted by atomic mass is 10.2. The highest BCUT2D eigenvalue weighted by Crippen LogP contribution is 2.57. The molecule has 1 fully saturated rings. The Kier molecular flexibility index (Phi) is 2.96. The molecule has 1 aromatic carbocycles. The third kappa shape index (κ3) is 1.81. The smallest absolute Gasteiger partial charge is 0.311 e. The molecule has 0 unspecified atom stereocenters. The van der Waals surface area contributed by atoms with Crippen molar-refractivity contribution < 1.29 is 17.6 Å². The van der Waals surface area contributed by atoms with Crippen LogP contribution in [0, 0.1) is 5.82 Å². The van der Waals surface area contributed by atoms with Gasteiger partial charge in [-0.3, -0.25) is 0 Å². The van der Waals surface area contributed by atoms with Crippen molar-refractivity contribution in [3.8, 4) is 0 Å². The monoisotopic (exact) mass is 326 g/mol. The first-order valence-electron chi connectivity index (χ1n) is 5.80. The van der Waals surface area contributed by atoms with Gasteiger partial charge >= 0.3 is 6.18 Å². The number of benzene rings is 1. The van der Waals surface area contributed by atoms with Gasteiger partial charge in [0.15, 0.2) is 0 Å². The molecule has 0 N–H and O–H groups in total. The molecule has 1 heterocycles. The molecule has 1 saturated carbocycles. The Morgan fingerprint density at radius 2 is 1.95 bits per heavy atom. The van der Waals surface area contributed by atoms with Crippen LogP contribution in [0.3, 0.4) is 0 Å². The summed E-state index contributed by atoms with van der Waals surface area (Å²) in [4.78, 5) is 4.03. The van der Waals surface area contributed by atoms with Gasteiger partial charge in [-0.2, -0.15) is 13.2 Å². The topological polar surface area (TPSA) is 17.8 Å². The summed E-state index contributed by atoms with van der Waals surface area (Å²) >= 11 is 11.3. The molecule has 0 spiro atoms. The molecule has 3 rings (SSSR count). The van der Waals surface area contributed by atoms with E-state index in [-0.39, 0.29) is 40.6 Å². The fourth-order valence-electron chi connectivity index (χ4n) is 2.44. The van der Waals surface area contributed by atoms with Crippen LogP contribution in [-0.4, -0.2) is 15.7 Å². The Bertz CT molecular complexity index is 689. The van der Waals surface area contributed by atoms with Crippen molar-refractivity contribution in [1.82, 2.24) is 9.55 Å². The van der Waals surface area contributed by atoms with Crippen LogP contribution < -0.4 is 0 Å². The normalized spacial score (nSPS) is 17.7. The molecule has 0 amide bonds. The van der Waals surface area contributed by atoms with E-state index in [1.54, 1.807) is 0 Å². The van der Waals surface area contributed by atoms with Crippen molar-refractivity contribution >= 4 is 34.2 Å². The van der Waals surface area contributed by atoms with Crippen molar-refractivity contribution in [2.75, 3.05) is 0 Å². The number of hydrogen-bond donors (Lipinski definition) is 0. The van der Waals surface area contributed by atoms with Crippen LogP contribution in [0.5, 0.6) is 0 Å². The van der Waals surface area contributed by atoms with Crippen LogP contribution >= 0.6 is 23.2 Å². The minimum Gasteiger partial charge on any atom is -0.311 e. The number of fused-ring (bicyclic) bond motifs is 1. The Balaban J connectivity index is 2.32. The largest absolute Gasteiger partial charge is 0.412 e. The van der Waals surface area contributed by atoms with E-state index in [0.717, 1.165) is 10.6 Å². The van der Waals surface area contributed by atoms with Gasteiger partial charge in [0.2, 0.25) is 0 Å². The standard InChI is InChI=1S/C12H8Cl2F4N2/c13-5-10-19-8-3-6(14)7(15)4-9(8)20(10)11(1-2-11)12(16,17)18/h3-4H,1-2,5H2. The summed E-state index contributed by atoms with van der Waals surface area (Å²) in [6.45, 7) is 0. The second-order valence-corrected chi connectivity index (χ2v) is 5.46. The molecule has 108 valence electrons. The lowest BCUT2D eigenvalue weighted by Crippen LogP contribution is -2.35. The highest BCUT2D eigenvalue weighted by Gasteiger charge is 2.65. The second kappa shape index (κ2) is 4.24. The number of alkyl halides is 4. The van der Waals surface area contributed by atoms with Gasteiger partial charge < -0.3 is 4.57 Å². The number of aromatic nitrogens is 2. The Morgan fingerprint density at radius 1 is 1.30 bits per heavy atom. The summed E-state index contributed by atoms with van der Waals surface area (Å²) in [5, 5.41) is -0.180. The zero-order chi connectivity index (χ0) is 14.7. The highest BCUT2D eigenvalue weighted by atomic mass is 35.5.